The van der Waals surface area contributed by atoms with Gasteiger partial charge >= 0.3 is 6.01 Å². The number of nitrogens with zero attached hydrogens (tertiary/aromatic N) is 4. The van der Waals surface area contributed by atoms with Crippen LogP contribution in [0.1, 0.15) is 37.7 Å². The minimum atomic E-state index is -0.0401. The highest BCUT2D eigenvalue weighted by Gasteiger charge is 2.42. The Balaban J connectivity index is 1.21. The zero-order chi connectivity index (χ0) is 25.4. The highest BCUT2D eigenvalue weighted by molar-refractivity contribution is 5.92. The van der Waals surface area contributed by atoms with E-state index in [9.17, 15) is 9.59 Å². The lowest BCUT2D eigenvalue weighted by atomic mass is 9.77. The SMILES string of the molecule is COc1ncc(/C=C/C(=O)N2CCC3(CCN(C(=O)CCCOc4ccccc4)CC3)C2)c(OC)n1. The molecule has 3 heterocycles. The van der Waals surface area contributed by atoms with E-state index in [0.29, 0.717) is 30.9 Å². The molecule has 0 aliphatic carbocycles. The van der Waals surface area contributed by atoms with Gasteiger partial charge in [0.05, 0.1) is 26.4 Å². The molecule has 0 saturated carbocycles. The van der Waals surface area contributed by atoms with Crippen LogP contribution >= 0.6 is 0 Å². The van der Waals surface area contributed by atoms with Crippen LogP contribution in [0.3, 0.4) is 0 Å². The van der Waals surface area contributed by atoms with E-state index in [1.807, 2.05) is 40.1 Å². The van der Waals surface area contributed by atoms with Gasteiger partial charge in [-0.15, -0.1) is 0 Å². The van der Waals surface area contributed by atoms with Gasteiger partial charge < -0.3 is 24.0 Å². The lowest BCUT2D eigenvalue weighted by molar-refractivity contribution is -0.134. The number of hydrogen-bond acceptors (Lipinski definition) is 7. The van der Waals surface area contributed by atoms with Crippen LogP contribution in [0.5, 0.6) is 17.6 Å². The normalized spacial score (nSPS) is 16.9. The number of likely N-dealkylation sites (tertiary alicyclic amines) is 2. The number of methoxy groups -OCH3 is 2. The number of piperidine rings is 1. The Morgan fingerprint density at radius 1 is 1.03 bits per heavy atom. The van der Waals surface area contributed by atoms with Crippen molar-refractivity contribution < 1.29 is 23.8 Å². The fraction of sp³-hybridized carbons (Fsp3) is 0.481. The van der Waals surface area contributed by atoms with Gasteiger partial charge in [0.15, 0.2) is 0 Å². The molecule has 4 rings (SSSR count). The first kappa shape index (κ1) is 25.5. The van der Waals surface area contributed by atoms with Crippen LogP contribution in [-0.2, 0) is 9.59 Å². The summed E-state index contributed by atoms with van der Waals surface area (Å²) in [6.45, 7) is 3.48. The Bertz CT molecular complexity index is 1070. The molecule has 2 amide bonds. The van der Waals surface area contributed by atoms with Crippen molar-refractivity contribution in [3.8, 4) is 17.6 Å². The molecule has 2 aliphatic rings. The average Bonchev–Trinajstić information content (AvgIpc) is 3.34. The van der Waals surface area contributed by atoms with E-state index in [2.05, 4.69) is 9.97 Å². The van der Waals surface area contributed by atoms with E-state index in [0.717, 1.165) is 51.2 Å². The standard InChI is InChI=1S/C27H34N4O5/c1-34-25-21(19-28-26(29-25)35-2)10-11-24(33)31-17-14-27(20-31)12-15-30(16-13-27)23(32)9-6-18-36-22-7-4-3-5-8-22/h3-5,7-8,10-11,19H,6,9,12-18,20H2,1-2H3/b11-10+. The molecule has 0 atom stereocenters. The average molecular weight is 495 g/mol. The minimum Gasteiger partial charge on any atom is -0.494 e. The van der Waals surface area contributed by atoms with Crippen LogP contribution < -0.4 is 14.2 Å². The zero-order valence-electron chi connectivity index (χ0n) is 21.0. The molecule has 2 saturated heterocycles. The van der Waals surface area contributed by atoms with Gasteiger partial charge in [-0.05, 0) is 49.3 Å². The number of benzene rings is 1. The molecule has 1 aromatic carbocycles. The second-order valence-corrected chi connectivity index (χ2v) is 9.31. The van der Waals surface area contributed by atoms with Crippen molar-refractivity contribution in [2.24, 2.45) is 5.41 Å². The van der Waals surface area contributed by atoms with E-state index in [1.54, 1.807) is 18.3 Å². The topological polar surface area (TPSA) is 94.1 Å². The van der Waals surface area contributed by atoms with Gasteiger partial charge in [0.25, 0.3) is 0 Å². The van der Waals surface area contributed by atoms with E-state index in [4.69, 9.17) is 14.2 Å². The summed E-state index contributed by atoms with van der Waals surface area (Å²) < 4.78 is 16.0. The Labute approximate surface area is 212 Å². The predicted octanol–water partition coefficient (Wildman–Crippen LogP) is 3.21. The monoisotopic (exact) mass is 494 g/mol. The Hall–Kier alpha value is -3.62. The van der Waals surface area contributed by atoms with Crippen molar-refractivity contribution >= 4 is 17.9 Å². The predicted molar refractivity (Wildman–Crippen MR) is 135 cm³/mol. The Morgan fingerprint density at radius 3 is 2.44 bits per heavy atom. The molecule has 0 N–H and O–H groups in total. The number of amides is 2. The summed E-state index contributed by atoms with van der Waals surface area (Å²) in [6.07, 6.45) is 8.80. The highest BCUT2D eigenvalue weighted by atomic mass is 16.5. The number of carbonyl (C=O) groups is 2. The maximum atomic E-state index is 12.8. The minimum absolute atomic E-state index is 0.0401. The summed E-state index contributed by atoms with van der Waals surface area (Å²) in [5, 5.41) is 0. The van der Waals surface area contributed by atoms with Crippen molar-refractivity contribution in [3.63, 3.8) is 0 Å². The van der Waals surface area contributed by atoms with Crippen LogP contribution in [-0.4, -0.2) is 78.6 Å². The van der Waals surface area contributed by atoms with E-state index in [1.165, 1.54) is 14.2 Å². The lowest BCUT2D eigenvalue weighted by Crippen LogP contribution is -2.44. The van der Waals surface area contributed by atoms with Crippen molar-refractivity contribution in [3.05, 3.63) is 48.2 Å². The molecule has 2 aliphatic heterocycles. The number of aromatic nitrogens is 2. The van der Waals surface area contributed by atoms with Gasteiger partial charge in [0, 0.05) is 44.9 Å². The van der Waals surface area contributed by atoms with E-state index >= 15 is 0 Å². The summed E-state index contributed by atoms with van der Waals surface area (Å²) in [6, 6.07) is 9.87. The molecule has 192 valence electrons. The summed E-state index contributed by atoms with van der Waals surface area (Å²) in [5.41, 5.74) is 0.707. The lowest BCUT2D eigenvalue weighted by Gasteiger charge is -2.39. The second-order valence-electron chi connectivity index (χ2n) is 9.31. The number of hydrogen-bond donors (Lipinski definition) is 0. The molecule has 0 unspecified atom stereocenters. The molecule has 1 aromatic heterocycles. The van der Waals surface area contributed by atoms with E-state index < -0.39 is 0 Å². The maximum Gasteiger partial charge on any atom is 0.319 e. The second kappa shape index (κ2) is 11.9. The van der Waals surface area contributed by atoms with Crippen molar-refractivity contribution in [2.45, 2.75) is 32.1 Å². The Kier molecular flexibility index (Phi) is 8.40. The quantitative estimate of drug-likeness (QED) is 0.390. The fourth-order valence-corrected chi connectivity index (χ4v) is 4.85. The highest BCUT2D eigenvalue weighted by Crippen LogP contribution is 2.40. The number of para-hydroxylation sites is 1. The first-order valence-corrected chi connectivity index (χ1v) is 12.4. The molecule has 2 aromatic rings. The van der Waals surface area contributed by atoms with Crippen LogP contribution in [0.4, 0.5) is 0 Å². The number of carbonyl (C=O) groups excluding carboxylic acids is 2. The van der Waals surface area contributed by atoms with Crippen molar-refractivity contribution in [1.82, 2.24) is 19.8 Å². The first-order valence-electron chi connectivity index (χ1n) is 12.4. The summed E-state index contributed by atoms with van der Waals surface area (Å²) in [4.78, 5) is 37.6. The zero-order valence-corrected chi connectivity index (χ0v) is 21.0. The third-order valence-corrected chi connectivity index (χ3v) is 7.01. The van der Waals surface area contributed by atoms with E-state index in [-0.39, 0.29) is 23.2 Å². The maximum absolute atomic E-state index is 12.8. The molecule has 0 bridgehead atoms. The molecule has 36 heavy (non-hydrogen) atoms. The number of ether oxygens (including phenoxy) is 3. The van der Waals surface area contributed by atoms with Crippen LogP contribution in [0.25, 0.3) is 6.08 Å². The molecule has 2 fully saturated rings. The summed E-state index contributed by atoms with van der Waals surface area (Å²) in [5.74, 6) is 1.33. The van der Waals surface area contributed by atoms with Gasteiger partial charge in [-0.3, -0.25) is 9.59 Å². The van der Waals surface area contributed by atoms with Crippen LogP contribution in [0, 0.1) is 5.41 Å². The smallest absolute Gasteiger partial charge is 0.319 e. The Morgan fingerprint density at radius 2 is 1.75 bits per heavy atom. The summed E-state index contributed by atoms with van der Waals surface area (Å²) >= 11 is 0. The number of rotatable bonds is 9. The van der Waals surface area contributed by atoms with Crippen molar-refractivity contribution in [1.29, 1.82) is 0 Å². The molecule has 1 spiro atoms. The van der Waals surface area contributed by atoms with Gasteiger partial charge in [-0.25, -0.2) is 4.98 Å². The van der Waals surface area contributed by atoms with Crippen LogP contribution in [0.15, 0.2) is 42.6 Å². The van der Waals surface area contributed by atoms with Gasteiger partial charge in [-0.1, -0.05) is 18.2 Å². The van der Waals surface area contributed by atoms with Gasteiger partial charge in [-0.2, -0.15) is 4.98 Å². The van der Waals surface area contributed by atoms with Gasteiger partial charge in [0.2, 0.25) is 17.7 Å². The molecular formula is C27H34N4O5. The molecule has 0 radical (unpaired) electrons. The largest absolute Gasteiger partial charge is 0.494 e. The third kappa shape index (κ3) is 6.33. The third-order valence-electron chi connectivity index (χ3n) is 7.01. The molecular weight excluding hydrogens is 460 g/mol. The van der Waals surface area contributed by atoms with Crippen molar-refractivity contribution in [2.75, 3.05) is 47.0 Å². The van der Waals surface area contributed by atoms with Crippen LogP contribution in [0.2, 0.25) is 0 Å². The summed E-state index contributed by atoms with van der Waals surface area (Å²) in [7, 11) is 3.00. The molecule has 9 heteroatoms. The molecule has 9 nitrogen and oxygen atoms in total. The first-order chi connectivity index (χ1) is 17.5. The fourth-order valence-electron chi connectivity index (χ4n) is 4.85. The van der Waals surface area contributed by atoms with Gasteiger partial charge in [0.1, 0.15) is 5.75 Å².